The van der Waals surface area contributed by atoms with Crippen molar-refractivity contribution < 1.29 is 168 Å². The maximum absolute atomic E-state index is 12.8. The molecule has 0 radical (unpaired) electrons. The SMILES string of the molecule is CC(=O)N[C@@H]1[C@@H](O[C@@H]2O[C@H](CO)[C@H](O)[C@H](O)[C@H]2O[C@@H]2O[C@@H](C)[C@@H](O)[C@@H](O)[C@@H]2O)[C@@H](O)[C@@H](CO[C@@H]2O[C@H](CO)[C@@H](O[C@@H]3O[C@H](CO)[C@H](O)[C@H](O[C@H]4O[C@H](CO)[C@H](O)[C@H](O)[C@H]4O)[C@H]3O[C@@H]3O[C@@H](C)[C@@H](O)[C@@H](O)[C@@H]3O)[C@H](O)[C@H]2NC(C)=O)O[C@@H]1O. The van der Waals surface area contributed by atoms with Crippen LogP contribution < -0.4 is 10.6 Å². The first kappa shape index (κ1) is 67.2. The maximum atomic E-state index is 12.8. The zero-order valence-corrected chi connectivity index (χ0v) is 44.4. The summed E-state index contributed by atoms with van der Waals surface area (Å²) in [6.07, 6.45) is -62.0. The molecule has 7 aliphatic rings. The van der Waals surface area contributed by atoms with Crippen LogP contribution in [0, 0.1) is 0 Å². The maximum Gasteiger partial charge on any atom is 0.217 e. The largest absolute Gasteiger partial charge is 0.394 e. The van der Waals surface area contributed by atoms with Crippen molar-refractivity contribution in [1.82, 2.24) is 10.6 Å². The second-order valence-corrected chi connectivity index (χ2v) is 21.0. The van der Waals surface area contributed by atoms with Crippen molar-refractivity contribution >= 4 is 11.8 Å². The molecule has 0 spiro atoms. The standard InChI is InChI=1S/C46H78N2O34/c1-10-21(55)28(62)32(66)42(71-10)81-38-31(65)24(58)15(6-50)75-45(38)79-36-20(48-13(4)54)40(69)73-18(26(36)60)9-70-41-19(47-12(3)53)27(61)35(17(8-52)77-41)78-46-39(82-43-33(67)29(63)22(56)11(2)72-43)37(25(59)16(7-51)76-46)80-44-34(68)30(64)23(57)14(5-49)74-44/h10-11,14-46,49-52,55-69H,5-9H2,1-4H3,(H,47,53)(H,48,54)/t10-,11-,14+,15+,16+,17+,18+,19+,20+,21+,22+,23-,24-,25-,26-,27+,28+,29+,30-,31-,32-,33-,34+,35+,36+,37-,38+,39+,40-,41+,42-,43-,44+,45-,46-/m0/s1. The molecule has 21 N–H and O–H groups in total. The van der Waals surface area contributed by atoms with Crippen LogP contribution in [-0.2, 0) is 71.2 Å². The lowest BCUT2D eigenvalue weighted by Gasteiger charge is -2.51. The smallest absolute Gasteiger partial charge is 0.217 e. The number of aliphatic hydroxyl groups excluding tert-OH is 19. The van der Waals surface area contributed by atoms with Gasteiger partial charge in [0.15, 0.2) is 44.0 Å². The average Bonchev–Trinajstić information content (AvgIpc) is 3.61. The lowest BCUT2D eigenvalue weighted by atomic mass is 9.94. The van der Waals surface area contributed by atoms with Crippen LogP contribution in [0.25, 0.3) is 0 Å². The number of rotatable bonds is 19. The molecule has 7 heterocycles. The van der Waals surface area contributed by atoms with Gasteiger partial charge in [-0.05, 0) is 13.8 Å². The number of carbonyl (C=O) groups excluding carboxylic acids is 2. The average molecular weight is 1200 g/mol. The first-order chi connectivity index (χ1) is 38.7. The third-order valence-corrected chi connectivity index (χ3v) is 15.3. The highest BCUT2D eigenvalue weighted by molar-refractivity contribution is 5.73. The molecule has 0 bridgehead atoms. The predicted octanol–water partition coefficient (Wildman–Crippen LogP) is -13.9. The molecule has 36 nitrogen and oxygen atoms in total. The van der Waals surface area contributed by atoms with Crippen LogP contribution in [0.5, 0.6) is 0 Å². The zero-order chi connectivity index (χ0) is 60.5. The number of hydrogen-bond donors (Lipinski definition) is 21. The molecule has 0 unspecified atom stereocenters. The molecule has 36 heteroatoms. The zero-order valence-electron chi connectivity index (χ0n) is 44.4. The van der Waals surface area contributed by atoms with Gasteiger partial charge < -0.3 is 169 Å². The molecule has 0 saturated carbocycles. The van der Waals surface area contributed by atoms with Crippen molar-refractivity contribution in [3.05, 3.63) is 0 Å². The van der Waals surface area contributed by atoms with E-state index in [1.165, 1.54) is 13.8 Å². The van der Waals surface area contributed by atoms with Gasteiger partial charge in [0.2, 0.25) is 11.8 Å². The van der Waals surface area contributed by atoms with E-state index in [0.29, 0.717) is 0 Å². The van der Waals surface area contributed by atoms with Gasteiger partial charge in [-0.3, -0.25) is 9.59 Å². The van der Waals surface area contributed by atoms with Crippen LogP contribution in [0.1, 0.15) is 27.7 Å². The minimum Gasteiger partial charge on any atom is -0.394 e. The molecule has 7 saturated heterocycles. The van der Waals surface area contributed by atoms with Crippen LogP contribution in [0.4, 0.5) is 0 Å². The summed E-state index contributed by atoms with van der Waals surface area (Å²) >= 11 is 0. The van der Waals surface area contributed by atoms with E-state index in [0.717, 1.165) is 13.8 Å². The van der Waals surface area contributed by atoms with E-state index in [1.54, 1.807) is 0 Å². The summed E-state index contributed by atoms with van der Waals surface area (Å²) in [6.45, 7) is -0.272. The lowest BCUT2D eigenvalue weighted by Crippen LogP contribution is -2.70. The lowest BCUT2D eigenvalue weighted by molar-refractivity contribution is -0.403. The highest BCUT2D eigenvalue weighted by atomic mass is 16.8. The third kappa shape index (κ3) is 14.3. The normalized spacial score (nSPS) is 51.3. The first-order valence-electron chi connectivity index (χ1n) is 26.3. The molecule has 0 aromatic rings. The Morgan fingerprint density at radius 1 is 0.341 bits per heavy atom. The number of hydrogen-bond acceptors (Lipinski definition) is 34. The monoisotopic (exact) mass is 1200 g/mol. The van der Waals surface area contributed by atoms with Crippen molar-refractivity contribution in [2.24, 2.45) is 0 Å². The molecule has 7 aliphatic heterocycles. The van der Waals surface area contributed by atoms with Gasteiger partial charge in [-0.15, -0.1) is 0 Å². The van der Waals surface area contributed by atoms with Gasteiger partial charge in [0, 0.05) is 13.8 Å². The van der Waals surface area contributed by atoms with Gasteiger partial charge in [-0.25, -0.2) is 0 Å². The Labute approximate surface area is 465 Å². The topological polar surface area (TPSA) is 563 Å². The number of amides is 2. The molecule has 2 amide bonds. The number of aliphatic hydroxyl groups is 19. The summed E-state index contributed by atoms with van der Waals surface area (Å²) in [7, 11) is 0. The van der Waals surface area contributed by atoms with Gasteiger partial charge >= 0.3 is 0 Å². The second-order valence-electron chi connectivity index (χ2n) is 21.0. The molecular formula is C46H78N2O34. The predicted molar refractivity (Wildman–Crippen MR) is 252 cm³/mol. The van der Waals surface area contributed by atoms with Crippen LogP contribution in [-0.4, -0.2) is 357 Å². The van der Waals surface area contributed by atoms with Gasteiger partial charge in [0.05, 0.1) is 45.2 Å². The summed E-state index contributed by atoms with van der Waals surface area (Å²) in [4.78, 5) is 25.3. The first-order valence-corrected chi connectivity index (χ1v) is 26.3. The van der Waals surface area contributed by atoms with Crippen molar-refractivity contribution in [3.8, 4) is 0 Å². The van der Waals surface area contributed by atoms with Crippen LogP contribution >= 0.6 is 0 Å². The molecule has 0 aromatic carbocycles. The van der Waals surface area contributed by atoms with Crippen LogP contribution in [0.2, 0.25) is 0 Å². The summed E-state index contributed by atoms with van der Waals surface area (Å²) < 4.78 is 75.8. The molecule has 0 aromatic heterocycles. The van der Waals surface area contributed by atoms with Crippen molar-refractivity contribution in [2.45, 2.75) is 243 Å². The summed E-state index contributed by atoms with van der Waals surface area (Å²) in [5.74, 6) is -1.67. The number of nitrogens with one attached hydrogen (secondary N) is 2. The van der Waals surface area contributed by atoms with Gasteiger partial charge in [0.25, 0.3) is 0 Å². The Balaban J connectivity index is 1.14. The van der Waals surface area contributed by atoms with Crippen LogP contribution in [0.15, 0.2) is 0 Å². The molecule has 7 rings (SSSR count). The van der Waals surface area contributed by atoms with E-state index in [2.05, 4.69) is 10.6 Å². The Kier molecular flexibility index (Phi) is 23.5. The van der Waals surface area contributed by atoms with Crippen molar-refractivity contribution in [2.75, 3.05) is 33.0 Å². The molecule has 35 atom stereocenters. The molecule has 0 aliphatic carbocycles. The number of carbonyl (C=O) groups is 2. The van der Waals surface area contributed by atoms with E-state index in [9.17, 15) is 107 Å². The van der Waals surface area contributed by atoms with Crippen molar-refractivity contribution in [3.63, 3.8) is 0 Å². The molecule has 476 valence electrons. The quantitative estimate of drug-likeness (QED) is 0.0571. The molecule has 82 heavy (non-hydrogen) atoms. The summed E-state index contributed by atoms with van der Waals surface area (Å²) in [6, 6.07) is -3.48. The minimum atomic E-state index is -2.12. The Morgan fingerprint density at radius 2 is 0.720 bits per heavy atom. The van der Waals surface area contributed by atoms with E-state index in [4.69, 9.17) is 61.6 Å². The summed E-state index contributed by atoms with van der Waals surface area (Å²) in [5, 5.41) is 210. The van der Waals surface area contributed by atoms with E-state index >= 15 is 0 Å². The van der Waals surface area contributed by atoms with E-state index in [-0.39, 0.29) is 0 Å². The minimum absolute atomic E-state index is 0.816. The van der Waals surface area contributed by atoms with Gasteiger partial charge in [-0.1, -0.05) is 0 Å². The highest BCUT2D eigenvalue weighted by Gasteiger charge is 2.59. The molecular weight excluding hydrogens is 1120 g/mol. The Hall–Kier alpha value is -2.34. The van der Waals surface area contributed by atoms with E-state index in [1.807, 2.05) is 0 Å². The fourth-order valence-electron chi connectivity index (χ4n) is 10.5. The summed E-state index contributed by atoms with van der Waals surface area (Å²) in [5.41, 5.74) is 0. The third-order valence-electron chi connectivity index (χ3n) is 15.3. The van der Waals surface area contributed by atoms with Gasteiger partial charge in [0.1, 0.15) is 159 Å². The van der Waals surface area contributed by atoms with Crippen molar-refractivity contribution in [1.29, 1.82) is 0 Å². The van der Waals surface area contributed by atoms with Crippen LogP contribution in [0.3, 0.4) is 0 Å². The Morgan fingerprint density at radius 3 is 1.23 bits per heavy atom. The number of ether oxygens (including phenoxy) is 13. The van der Waals surface area contributed by atoms with E-state index < -0.39 is 260 Å². The fraction of sp³-hybridized carbons (Fsp3) is 0.957. The molecule has 7 fully saturated rings. The Bertz CT molecular complexity index is 2030. The highest BCUT2D eigenvalue weighted by Crippen LogP contribution is 2.38. The van der Waals surface area contributed by atoms with Gasteiger partial charge in [-0.2, -0.15) is 0 Å². The second kappa shape index (κ2) is 28.7. The fourth-order valence-corrected chi connectivity index (χ4v) is 10.5.